The fourth-order valence-corrected chi connectivity index (χ4v) is 4.61. The molecule has 0 aliphatic carbocycles. The molecule has 7 heteroatoms. The topological polar surface area (TPSA) is 68.3 Å². The number of ether oxygens (including phenoxy) is 1. The maximum Gasteiger partial charge on any atom is 0.244 e. The highest BCUT2D eigenvalue weighted by molar-refractivity contribution is 7.17. The van der Waals surface area contributed by atoms with Gasteiger partial charge in [-0.25, -0.2) is 0 Å². The number of aromatic nitrogens is 1. The van der Waals surface area contributed by atoms with Crippen molar-refractivity contribution in [3.8, 4) is 16.2 Å². The van der Waals surface area contributed by atoms with Gasteiger partial charge in [-0.15, -0.1) is 11.3 Å². The van der Waals surface area contributed by atoms with Gasteiger partial charge in [0.25, 0.3) is 0 Å². The van der Waals surface area contributed by atoms with Crippen LogP contribution in [0.3, 0.4) is 0 Å². The number of benzene rings is 1. The number of aryl methyl sites for hydroxylation is 1. The fraction of sp³-hybridized carbons (Fsp3) is 0.208. The van der Waals surface area contributed by atoms with Crippen molar-refractivity contribution < 1.29 is 14.3 Å². The van der Waals surface area contributed by atoms with E-state index in [1.54, 1.807) is 19.2 Å². The number of rotatable bonds is 6. The maximum atomic E-state index is 12.2. The van der Waals surface area contributed by atoms with Crippen LogP contribution in [-0.4, -0.2) is 29.3 Å². The lowest BCUT2D eigenvalue weighted by Crippen LogP contribution is -2.33. The van der Waals surface area contributed by atoms with Crippen LogP contribution in [0.1, 0.15) is 33.4 Å². The molecule has 3 heterocycles. The maximum absolute atomic E-state index is 12.2. The quantitative estimate of drug-likeness (QED) is 0.417. The third-order valence-corrected chi connectivity index (χ3v) is 6.57. The number of nitrogens with one attached hydrogen (secondary N) is 1. The molecule has 0 fully saturated rings. The summed E-state index contributed by atoms with van der Waals surface area (Å²) in [5, 5.41) is 3.41. The SMILES string of the molecule is CC(=O)c1ccc(-c2cc(Cl)c3c(c2)CC(CNC(=O)C=Cc2cccnc2C)O3)s1. The van der Waals surface area contributed by atoms with Crippen LogP contribution < -0.4 is 10.1 Å². The minimum atomic E-state index is -0.190. The summed E-state index contributed by atoms with van der Waals surface area (Å²) < 4.78 is 5.97. The number of fused-ring (bicyclic) bond motifs is 1. The van der Waals surface area contributed by atoms with Gasteiger partial charge >= 0.3 is 0 Å². The molecule has 158 valence electrons. The average molecular weight is 453 g/mol. The number of pyridine rings is 1. The molecule has 1 amide bonds. The molecule has 5 nitrogen and oxygen atoms in total. The van der Waals surface area contributed by atoms with Crippen LogP contribution in [0.2, 0.25) is 5.02 Å². The smallest absolute Gasteiger partial charge is 0.244 e. The molecule has 1 atom stereocenters. The second-order valence-electron chi connectivity index (χ2n) is 7.37. The Morgan fingerprint density at radius 2 is 2.16 bits per heavy atom. The molecule has 1 unspecified atom stereocenters. The molecule has 0 radical (unpaired) electrons. The van der Waals surface area contributed by atoms with E-state index < -0.39 is 0 Å². The van der Waals surface area contributed by atoms with Gasteiger partial charge in [0.1, 0.15) is 11.9 Å². The Hall–Kier alpha value is -2.96. The third kappa shape index (κ3) is 4.86. The molecule has 4 rings (SSSR count). The highest BCUT2D eigenvalue weighted by atomic mass is 35.5. The van der Waals surface area contributed by atoms with Crippen LogP contribution in [-0.2, 0) is 11.2 Å². The number of hydrogen-bond donors (Lipinski definition) is 1. The first-order valence-corrected chi connectivity index (χ1v) is 11.1. The van der Waals surface area contributed by atoms with Gasteiger partial charge in [-0.3, -0.25) is 14.6 Å². The second kappa shape index (κ2) is 9.04. The summed E-state index contributed by atoms with van der Waals surface area (Å²) in [5.74, 6) is 0.523. The lowest BCUT2D eigenvalue weighted by molar-refractivity contribution is -0.116. The Kier molecular flexibility index (Phi) is 6.20. The van der Waals surface area contributed by atoms with E-state index in [2.05, 4.69) is 10.3 Å². The van der Waals surface area contributed by atoms with Gasteiger partial charge in [0, 0.05) is 34.8 Å². The van der Waals surface area contributed by atoms with Crippen LogP contribution in [0, 0.1) is 6.92 Å². The largest absolute Gasteiger partial charge is 0.486 e. The standard InChI is InChI=1S/C24H21ClN2O3S/c1-14-16(4-3-9-26-14)5-8-23(29)27-13-19-11-18-10-17(12-20(25)24(18)30-19)22-7-6-21(31-22)15(2)28/h3-10,12,19H,11,13H2,1-2H3,(H,27,29). The van der Waals surface area contributed by atoms with Crippen molar-refractivity contribution in [3.63, 3.8) is 0 Å². The Balaban J connectivity index is 1.39. The van der Waals surface area contributed by atoms with Crippen LogP contribution in [0.5, 0.6) is 5.75 Å². The van der Waals surface area contributed by atoms with Gasteiger partial charge in [-0.2, -0.15) is 0 Å². The molecular weight excluding hydrogens is 432 g/mol. The van der Waals surface area contributed by atoms with Crippen LogP contribution in [0.15, 0.2) is 48.7 Å². The molecular formula is C24H21ClN2O3S. The van der Waals surface area contributed by atoms with E-state index >= 15 is 0 Å². The minimum absolute atomic E-state index is 0.0513. The number of hydrogen-bond acceptors (Lipinski definition) is 5. The summed E-state index contributed by atoms with van der Waals surface area (Å²) in [7, 11) is 0. The number of ketones is 1. The number of Topliss-reactive ketones (excluding diaryl/α,β-unsaturated/α-hetero) is 1. The number of nitrogens with zero attached hydrogens (tertiary/aromatic N) is 1. The molecule has 31 heavy (non-hydrogen) atoms. The first-order chi connectivity index (χ1) is 14.9. The van der Waals surface area contributed by atoms with Gasteiger partial charge in [0.2, 0.25) is 5.91 Å². The predicted molar refractivity (Wildman–Crippen MR) is 124 cm³/mol. The zero-order chi connectivity index (χ0) is 22.0. The molecule has 0 spiro atoms. The monoisotopic (exact) mass is 452 g/mol. The molecule has 0 saturated heterocycles. The Morgan fingerprint density at radius 1 is 1.32 bits per heavy atom. The van der Waals surface area contributed by atoms with Crippen LogP contribution in [0.25, 0.3) is 16.5 Å². The lowest BCUT2D eigenvalue weighted by atomic mass is 10.1. The van der Waals surface area contributed by atoms with Gasteiger partial charge in [-0.05, 0) is 61.4 Å². The highest BCUT2D eigenvalue weighted by Gasteiger charge is 2.26. The summed E-state index contributed by atoms with van der Waals surface area (Å²) >= 11 is 7.91. The molecule has 1 N–H and O–H groups in total. The van der Waals surface area contributed by atoms with E-state index in [1.165, 1.54) is 17.4 Å². The third-order valence-electron chi connectivity index (χ3n) is 5.06. The van der Waals surface area contributed by atoms with Gasteiger partial charge in [0.05, 0.1) is 16.4 Å². The zero-order valence-electron chi connectivity index (χ0n) is 17.1. The van der Waals surface area contributed by atoms with E-state index in [9.17, 15) is 9.59 Å². The Morgan fingerprint density at radius 3 is 2.90 bits per heavy atom. The molecule has 2 aromatic heterocycles. The van der Waals surface area contributed by atoms with E-state index in [4.69, 9.17) is 16.3 Å². The van der Waals surface area contributed by atoms with Crippen LogP contribution >= 0.6 is 22.9 Å². The van der Waals surface area contributed by atoms with E-state index in [0.717, 1.165) is 32.1 Å². The average Bonchev–Trinajstić information content (AvgIpc) is 3.39. The minimum Gasteiger partial charge on any atom is -0.486 e. The second-order valence-corrected chi connectivity index (χ2v) is 8.86. The first-order valence-electron chi connectivity index (χ1n) is 9.88. The van der Waals surface area contributed by atoms with Crippen molar-refractivity contribution in [1.29, 1.82) is 0 Å². The number of carbonyl (C=O) groups is 2. The van der Waals surface area contributed by atoms with Gasteiger partial charge in [0.15, 0.2) is 5.78 Å². The highest BCUT2D eigenvalue weighted by Crippen LogP contribution is 2.41. The van der Waals surface area contributed by atoms with Crippen molar-refractivity contribution in [2.75, 3.05) is 6.54 Å². The summed E-state index contributed by atoms with van der Waals surface area (Å²) in [5.41, 5.74) is 3.74. The number of thiophene rings is 1. The van der Waals surface area contributed by atoms with E-state index in [1.807, 2.05) is 43.3 Å². The Labute approximate surface area is 189 Å². The molecule has 1 aromatic carbocycles. The molecule has 0 saturated carbocycles. The van der Waals surface area contributed by atoms with Gasteiger partial charge in [-0.1, -0.05) is 17.7 Å². The first kappa shape index (κ1) is 21.3. The van der Waals surface area contributed by atoms with Crippen LogP contribution in [0.4, 0.5) is 0 Å². The van der Waals surface area contributed by atoms with Gasteiger partial charge < -0.3 is 10.1 Å². The van der Waals surface area contributed by atoms with E-state index in [0.29, 0.717) is 23.7 Å². The van der Waals surface area contributed by atoms with Crippen molar-refractivity contribution in [2.24, 2.45) is 0 Å². The number of carbonyl (C=O) groups excluding carboxylic acids is 2. The summed E-state index contributed by atoms with van der Waals surface area (Å²) in [6, 6.07) is 11.4. The van der Waals surface area contributed by atoms with E-state index in [-0.39, 0.29) is 17.8 Å². The van der Waals surface area contributed by atoms with Crippen molar-refractivity contribution in [2.45, 2.75) is 26.4 Å². The molecule has 1 aliphatic heterocycles. The molecule has 3 aromatic rings. The normalized spacial score (nSPS) is 15.0. The Bertz CT molecular complexity index is 1190. The molecule has 0 bridgehead atoms. The van der Waals surface area contributed by atoms with Crippen molar-refractivity contribution in [1.82, 2.24) is 10.3 Å². The summed E-state index contributed by atoms with van der Waals surface area (Å²) in [6.07, 6.45) is 5.44. The zero-order valence-corrected chi connectivity index (χ0v) is 18.7. The number of amides is 1. The predicted octanol–water partition coefficient (Wildman–Crippen LogP) is 5.11. The summed E-state index contributed by atoms with van der Waals surface area (Å²) in [4.78, 5) is 29.7. The molecule has 1 aliphatic rings. The van der Waals surface area contributed by atoms with Crippen molar-refractivity contribution >= 4 is 40.7 Å². The fourth-order valence-electron chi connectivity index (χ4n) is 3.44. The van der Waals surface area contributed by atoms with Crippen molar-refractivity contribution in [3.05, 3.63) is 75.4 Å². The number of halogens is 1. The lowest BCUT2D eigenvalue weighted by Gasteiger charge is -2.11. The summed E-state index contributed by atoms with van der Waals surface area (Å²) in [6.45, 7) is 3.84.